The van der Waals surface area contributed by atoms with Crippen molar-refractivity contribution in [2.24, 2.45) is 14.1 Å². The van der Waals surface area contributed by atoms with Gasteiger partial charge in [-0.2, -0.15) is 10.2 Å². The highest BCUT2D eigenvalue weighted by Crippen LogP contribution is 2.30. The Labute approximate surface area is 149 Å². The molecule has 2 aromatic heterocycles. The number of nitrogens with zero attached hydrogens (tertiary/aromatic N) is 5. The smallest absolute Gasteiger partial charge is 0.224 e. The first-order chi connectivity index (χ1) is 11.9. The average molecular weight is 344 g/mol. The van der Waals surface area contributed by atoms with Crippen LogP contribution in [0.1, 0.15) is 41.9 Å². The second-order valence-electron chi connectivity index (χ2n) is 6.92. The van der Waals surface area contributed by atoms with E-state index < -0.39 is 0 Å². The Morgan fingerprint density at radius 2 is 1.68 bits per heavy atom. The van der Waals surface area contributed by atoms with Crippen molar-refractivity contribution in [3.63, 3.8) is 0 Å². The zero-order chi connectivity index (χ0) is 18.1. The lowest BCUT2D eigenvalue weighted by Gasteiger charge is -2.16. The molecular weight excluding hydrogens is 316 g/mol. The molecule has 1 aliphatic heterocycles. The van der Waals surface area contributed by atoms with E-state index in [-0.39, 0.29) is 5.91 Å². The summed E-state index contributed by atoms with van der Waals surface area (Å²) in [5, 5.41) is 12.1. The van der Waals surface area contributed by atoms with Crippen LogP contribution < -0.4 is 10.2 Å². The first-order valence-corrected chi connectivity index (χ1v) is 8.96. The predicted octanol–water partition coefficient (Wildman–Crippen LogP) is 2.25. The maximum absolute atomic E-state index is 12.5. The largest absolute Gasteiger partial charge is 0.353 e. The Balaban J connectivity index is 1.70. The van der Waals surface area contributed by atoms with Gasteiger partial charge < -0.3 is 10.2 Å². The Kier molecular flexibility index (Phi) is 4.83. The molecule has 7 nitrogen and oxygen atoms in total. The molecule has 1 fully saturated rings. The van der Waals surface area contributed by atoms with Crippen LogP contribution in [-0.4, -0.2) is 38.6 Å². The first kappa shape index (κ1) is 17.5. The fourth-order valence-electron chi connectivity index (χ4n) is 3.51. The Morgan fingerprint density at radius 1 is 1.04 bits per heavy atom. The highest BCUT2D eigenvalue weighted by molar-refractivity contribution is 5.94. The molecule has 1 aliphatic rings. The van der Waals surface area contributed by atoms with Gasteiger partial charge in [0.2, 0.25) is 5.91 Å². The number of aromatic nitrogens is 4. The van der Waals surface area contributed by atoms with Gasteiger partial charge in [0.1, 0.15) is 5.69 Å². The molecule has 2 aromatic rings. The molecule has 136 valence electrons. The van der Waals surface area contributed by atoms with Crippen LogP contribution in [0.15, 0.2) is 0 Å². The zero-order valence-corrected chi connectivity index (χ0v) is 15.9. The van der Waals surface area contributed by atoms with Crippen LogP contribution >= 0.6 is 0 Å². The zero-order valence-electron chi connectivity index (χ0n) is 15.9. The topological polar surface area (TPSA) is 68.0 Å². The summed E-state index contributed by atoms with van der Waals surface area (Å²) >= 11 is 0. The number of carbonyl (C=O) groups is 1. The summed E-state index contributed by atoms with van der Waals surface area (Å²) in [6.07, 6.45) is 3.52. The number of aryl methyl sites for hydroxylation is 3. The summed E-state index contributed by atoms with van der Waals surface area (Å²) in [6.45, 7) is 8.05. The molecule has 0 spiro atoms. The van der Waals surface area contributed by atoms with E-state index in [0.29, 0.717) is 12.8 Å². The standard InChI is InChI=1S/C18H28N6O/c1-12-15(13(2)22(4)20-12)8-9-16(25)19-17-14(3)23(5)21-18(17)24-10-6-7-11-24/h6-11H2,1-5H3,(H,19,25). The van der Waals surface area contributed by atoms with Gasteiger partial charge in [0.15, 0.2) is 5.82 Å². The number of hydrogen-bond donors (Lipinski definition) is 1. The van der Waals surface area contributed by atoms with Gasteiger partial charge in [-0.3, -0.25) is 14.2 Å². The summed E-state index contributed by atoms with van der Waals surface area (Å²) in [6, 6.07) is 0. The van der Waals surface area contributed by atoms with E-state index in [1.807, 2.05) is 44.2 Å². The molecule has 1 saturated heterocycles. The summed E-state index contributed by atoms with van der Waals surface area (Å²) < 4.78 is 3.72. The first-order valence-electron chi connectivity index (χ1n) is 8.96. The Bertz CT molecular complexity index is 782. The number of carbonyl (C=O) groups excluding carboxylic acids is 1. The van der Waals surface area contributed by atoms with Crippen LogP contribution in [0.3, 0.4) is 0 Å². The molecule has 0 radical (unpaired) electrons. The molecule has 3 rings (SSSR count). The minimum atomic E-state index is 0.0270. The van der Waals surface area contributed by atoms with Crippen molar-refractivity contribution in [3.05, 3.63) is 22.6 Å². The number of nitrogens with one attached hydrogen (secondary N) is 1. The van der Waals surface area contributed by atoms with E-state index in [9.17, 15) is 4.79 Å². The van der Waals surface area contributed by atoms with Crippen LogP contribution in [-0.2, 0) is 25.3 Å². The van der Waals surface area contributed by atoms with Crippen molar-refractivity contribution in [2.45, 2.75) is 46.5 Å². The Hall–Kier alpha value is -2.31. The fraction of sp³-hybridized carbons (Fsp3) is 0.611. The summed E-state index contributed by atoms with van der Waals surface area (Å²) in [7, 11) is 3.86. The van der Waals surface area contributed by atoms with Gasteiger partial charge in [0.25, 0.3) is 0 Å². The SMILES string of the molecule is Cc1nn(C)c(C)c1CCC(=O)Nc1c(N2CCCC2)nn(C)c1C. The summed E-state index contributed by atoms with van der Waals surface area (Å²) in [5.74, 6) is 0.929. The van der Waals surface area contributed by atoms with E-state index >= 15 is 0 Å². The van der Waals surface area contributed by atoms with Crippen molar-refractivity contribution in [2.75, 3.05) is 23.3 Å². The third-order valence-electron chi connectivity index (χ3n) is 5.25. The van der Waals surface area contributed by atoms with Gasteiger partial charge in [-0.25, -0.2) is 0 Å². The van der Waals surface area contributed by atoms with Crippen LogP contribution in [0, 0.1) is 20.8 Å². The third kappa shape index (κ3) is 3.41. The second-order valence-corrected chi connectivity index (χ2v) is 6.92. The quantitative estimate of drug-likeness (QED) is 0.903. The maximum Gasteiger partial charge on any atom is 0.224 e. The van der Waals surface area contributed by atoms with Gasteiger partial charge in [-0.15, -0.1) is 0 Å². The normalized spacial score (nSPS) is 14.4. The van der Waals surface area contributed by atoms with Crippen molar-refractivity contribution in [1.82, 2.24) is 19.6 Å². The predicted molar refractivity (Wildman–Crippen MR) is 99.0 cm³/mol. The highest BCUT2D eigenvalue weighted by atomic mass is 16.1. The molecular formula is C18H28N6O. The maximum atomic E-state index is 12.5. The number of rotatable bonds is 5. The minimum Gasteiger partial charge on any atom is -0.353 e. The molecule has 25 heavy (non-hydrogen) atoms. The second kappa shape index (κ2) is 6.90. The monoisotopic (exact) mass is 344 g/mol. The Morgan fingerprint density at radius 3 is 2.28 bits per heavy atom. The average Bonchev–Trinajstić information content (AvgIpc) is 3.24. The van der Waals surface area contributed by atoms with Crippen molar-refractivity contribution >= 4 is 17.4 Å². The van der Waals surface area contributed by atoms with Crippen molar-refractivity contribution in [1.29, 1.82) is 0 Å². The minimum absolute atomic E-state index is 0.0270. The number of anilines is 2. The molecule has 0 saturated carbocycles. The molecule has 3 heterocycles. The van der Waals surface area contributed by atoms with E-state index in [1.165, 1.54) is 18.4 Å². The lowest BCUT2D eigenvalue weighted by Crippen LogP contribution is -2.21. The van der Waals surface area contributed by atoms with Crippen molar-refractivity contribution < 1.29 is 4.79 Å². The molecule has 1 N–H and O–H groups in total. The molecule has 0 aliphatic carbocycles. The third-order valence-corrected chi connectivity index (χ3v) is 5.25. The van der Waals surface area contributed by atoms with Gasteiger partial charge in [0.05, 0.1) is 11.4 Å². The molecule has 0 atom stereocenters. The molecule has 1 amide bonds. The highest BCUT2D eigenvalue weighted by Gasteiger charge is 2.23. The number of hydrogen-bond acceptors (Lipinski definition) is 4. The number of amides is 1. The van der Waals surface area contributed by atoms with Gasteiger partial charge in [-0.1, -0.05) is 0 Å². The summed E-state index contributed by atoms with van der Waals surface area (Å²) in [4.78, 5) is 14.8. The fourth-order valence-corrected chi connectivity index (χ4v) is 3.51. The van der Waals surface area contributed by atoms with E-state index in [0.717, 1.165) is 41.7 Å². The molecule has 7 heteroatoms. The lowest BCUT2D eigenvalue weighted by molar-refractivity contribution is -0.116. The lowest BCUT2D eigenvalue weighted by atomic mass is 10.1. The van der Waals surface area contributed by atoms with Crippen LogP contribution in [0.4, 0.5) is 11.5 Å². The van der Waals surface area contributed by atoms with E-state index in [1.54, 1.807) is 0 Å². The van der Waals surface area contributed by atoms with Crippen molar-refractivity contribution in [3.8, 4) is 0 Å². The van der Waals surface area contributed by atoms with Crippen LogP contribution in [0.25, 0.3) is 0 Å². The van der Waals surface area contributed by atoms with Crippen LogP contribution in [0.5, 0.6) is 0 Å². The van der Waals surface area contributed by atoms with E-state index in [4.69, 9.17) is 0 Å². The van der Waals surface area contributed by atoms with Crippen LogP contribution in [0.2, 0.25) is 0 Å². The van der Waals surface area contributed by atoms with E-state index in [2.05, 4.69) is 20.4 Å². The van der Waals surface area contributed by atoms with Gasteiger partial charge >= 0.3 is 0 Å². The van der Waals surface area contributed by atoms with Gasteiger partial charge in [-0.05, 0) is 45.6 Å². The molecule has 0 bridgehead atoms. The van der Waals surface area contributed by atoms with Gasteiger partial charge in [0, 0.05) is 39.3 Å². The molecule has 0 unspecified atom stereocenters. The summed E-state index contributed by atoms with van der Waals surface area (Å²) in [5.41, 5.74) is 5.14. The molecule has 0 aromatic carbocycles.